The van der Waals surface area contributed by atoms with Gasteiger partial charge in [0, 0.05) is 5.56 Å². The summed E-state index contributed by atoms with van der Waals surface area (Å²) in [4.78, 5) is 23.7. The van der Waals surface area contributed by atoms with Gasteiger partial charge in [-0.1, -0.05) is 124 Å². The smallest absolute Gasteiger partial charge is 0.339 e. The lowest BCUT2D eigenvalue weighted by atomic mass is 9.85. The number of carbonyl (C=O) groups is 1. The van der Waals surface area contributed by atoms with Crippen LogP contribution in [0, 0.1) is 0 Å². The van der Waals surface area contributed by atoms with Crippen molar-refractivity contribution in [3.05, 3.63) is 22.3 Å². The van der Waals surface area contributed by atoms with Crippen molar-refractivity contribution < 1.29 is 24.8 Å². The second-order valence-electron chi connectivity index (χ2n) is 11.3. The van der Waals surface area contributed by atoms with E-state index in [1.807, 2.05) is 6.92 Å². The Bertz CT molecular complexity index is 774. The van der Waals surface area contributed by atoms with E-state index < -0.39 is 5.97 Å². The molecule has 39 heavy (non-hydrogen) atoms. The molecule has 0 atom stereocenters. The maximum Gasteiger partial charge on any atom is 0.339 e. The van der Waals surface area contributed by atoms with Crippen molar-refractivity contribution in [3.63, 3.8) is 0 Å². The first-order valence-corrected chi connectivity index (χ1v) is 16.4. The van der Waals surface area contributed by atoms with E-state index in [-0.39, 0.29) is 17.1 Å². The number of phenols is 1. The summed E-state index contributed by atoms with van der Waals surface area (Å²) in [7, 11) is 0. The molecule has 0 radical (unpaired) electrons. The fourth-order valence-electron chi connectivity index (χ4n) is 5.46. The van der Waals surface area contributed by atoms with E-state index >= 15 is 0 Å². The molecule has 0 unspecified atom stereocenters. The third kappa shape index (κ3) is 13.9. The lowest BCUT2D eigenvalue weighted by molar-refractivity contribution is -0.207. The number of carboxylic acids is 1. The first-order chi connectivity index (χ1) is 19.0. The Balaban J connectivity index is 3.34. The summed E-state index contributed by atoms with van der Waals surface area (Å²) in [6.07, 6.45) is 24.1. The molecule has 0 spiro atoms. The number of benzene rings is 1. The lowest BCUT2D eigenvalue weighted by Crippen LogP contribution is -2.14. The summed E-state index contributed by atoms with van der Waals surface area (Å²) in [5.74, 6) is -1.10. The van der Waals surface area contributed by atoms with E-state index in [2.05, 4.69) is 20.8 Å². The average molecular weight is 549 g/mol. The molecule has 1 aromatic carbocycles. The van der Waals surface area contributed by atoms with Crippen LogP contribution in [-0.4, -0.2) is 22.8 Å². The topological polar surface area (TPSA) is 76.0 Å². The van der Waals surface area contributed by atoms with Gasteiger partial charge < -0.3 is 15.1 Å². The molecule has 5 nitrogen and oxygen atoms in total. The molecule has 0 aliphatic heterocycles. The number of rotatable bonds is 26. The van der Waals surface area contributed by atoms with Crippen molar-refractivity contribution in [1.82, 2.24) is 0 Å². The average Bonchev–Trinajstić information content (AvgIpc) is 2.92. The summed E-state index contributed by atoms with van der Waals surface area (Å²) >= 11 is 0. The molecule has 226 valence electrons. The van der Waals surface area contributed by atoms with Crippen molar-refractivity contribution >= 4 is 5.97 Å². The predicted molar refractivity (Wildman–Crippen MR) is 163 cm³/mol. The van der Waals surface area contributed by atoms with E-state index in [4.69, 9.17) is 9.78 Å². The number of aromatic hydroxyl groups is 1. The van der Waals surface area contributed by atoms with E-state index in [0.29, 0.717) is 13.0 Å². The molecule has 0 aromatic heterocycles. The fraction of sp³-hybridized carbons (Fsp3) is 0.794. The zero-order valence-corrected chi connectivity index (χ0v) is 25.9. The molecule has 0 bridgehead atoms. The molecule has 0 saturated heterocycles. The molecule has 1 aromatic rings. The van der Waals surface area contributed by atoms with Gasteiger partial charge in [-0.25, -0.2) is 4.79 Å². The molecule has 5 heteroatoms. The van der Waals surface area contributed by atoms with Crippen molar-refractivity contribution in [2.24, 2.45) is 0 Å². The molecule has 0 saturated carbocycles. The normalized spacial score (nSPS) is 11.3. The highest BCUT2D eigenvalue weighted by molar-refractivity contribution is 5.94. The highest BCUT2D eigenvalue weighted by Crippen LogP contribution is 2.42. The van der Waals surface area contributed by atoms with Gasteiger partial charge in [-0.3, -0.25) is 0 Å². The minimum absolute atomic E-state index is 0.0198. The second kappa shape index (κ2) is 23.0. The van der Waals surface area contributed by atoms with Gasteiger partial charge in [0.1, 0.15) is 5.56 Å². The van der Waals surface area contributed by atoms with E-state index in [1.54, 1.807) is 0 Å². The lowest BCUT2D eigenvalue weighted by Gasteiger charge is -2.22. The summed E-state index contributed by atoms with van der Waals surface area (Å²) in [6.45, 7) is 9.07. The van der Waals surface area contributed by atoms with Crippen molar-refractivity contribution in [2.45, 2.75) is 169 Å². The molecule has 0 heterocycles. The van der Waals surface area contributed by atoms with Crippen LogP contribution in [0.25, 0.3) is 0 Å². The van der Waals surface area contributed by atoms with Gasteiger partial charge in [0.15, 0.2) is 5.75 Å². The molecular formula is C34H60O5. The summed E-state index contributed by atoms with van der Waals surface area (Å²) < 4.78 is 0. The predicted octanol–water partition coefficient (Wildman–Crippen LogP) is 10.5. The second-order valence-corrected chi connectivity index (χ2v) is 11.3. The highest BCUT2D eigenvalue weighted by Gasteiger charge is 2.28. The van der Waals surface area contributed by atoms with Gasteiger partial charge in [-0.05, 0) is 56.1 Å². The number of hydrogen-bond acceptors (Lipinski definition) is 4. The number of unbranched alkanes of at least 4 members (excludes halogenated alkanes) is 15. The Labute approximate surface area is 240 Å². The van der Waals surface area contributed by atoms with Gasteiger partial charge in [-0.15, -0.1) is 0 Å². The summed E-state index contributed by atoms with van der Waals surface area (Å²) in [5.41, 5.74) is 2.91. The molecule has 0 amide bonds. The first kappa shape index (κ1) is 35.3. The quantitative estimate of drug-likeness (QED) is 0.0684. The Hall–Kier alpha value is -1.75. The Morgan fingerprint density at radius 3 is 1.41 bits per heavy atom. The monoisotopic (exact) mass is 548 g/mol. The van der Waals surface area contributed by atoms with Crippen LogP contribution in [0.3, 0.4) is 0 Å². The minimum atomic E-state index is -1.08. The maximum atomic E-state index is 12.5. The molecule has 2 N–H and O–H groups in total. The highest BCUT2D eigenvalue weighted by atomic mass is 17.2. The maximum absolute atomic E-state index is 12.5. The van der Waals surface area contributed by atoms with Crippen molar-refractivity contribution in [1.29, 1.82) is 0 Å². The van der Waals surface area contributed by atoms with Crippen LogP contribution in [0.2, 0.25) is 0 Å². The largest absolute Gasteiger partial charge is 0.504 e. The van der Waals surface area contributed by atoms with Crippen LogP contribution in [0.1, 0.15) is 177 Å². The number of carboxylic acid groups (broad SMARTS) is 1. The van der Waals surface area contributed by atoms with Gasteiger partial charge >= 0.3 is 5.97 Å². The van der Waals surface area contributed by atoms with E-state index in [1.165, 1.54) is 77.0 Å². The van der Waals surface area contributed by atoms with Crippen LogP contribution >= 0.6 is 0 Å². The van der Waals surface area contributed by atoms with Gasteiger partial charge in [0.25, 0.3) is 0 Å². The zero-order chi connectivity index (χ0) is 28.7. The molecule has 0 aliphatic carbocycles. The van der Waals surface area contributed by atoms with Gasteiger partial charge in [-0.2, -0.15) is 4.89 Å². The van der Waals surface area contributed by atoms with Crippen LogP contribution in [-0.2, 0) is 24.2 Å². The first-order valence-electron chi connectivity index (χ1n) is 16.4. The SMILES string of the molecule is CCCCCCCCc1c(CCCCCCCC)c(OOCCC)c(O)c(C(=O)O)c1CCCCCCCC. The summed E-state index contributed by atoms with van der Waals surface area (Å²) in [5, 5.41) is 21.5. The van der Waals surface area contributed by atoms with E-state index in [9.17, 15) is 15.0 Å². The Morgan fingerprint density at radius 1 is 0.564 bits per heavy atom. The zero-order valence-electron chi connectivity index (χ0n) is 25.9. The van der Waals surface area contributed by atoms with Crippen molar-refractivity contribution in [3.8, 4) is 11.5 Å². The number of hydrogen-bond donors (Lipinski definition) is 2. The standard InChI is InChI=1S/C34H60O5/c1-5-9-12-15-18-21-24-28-29(25-22-19-16-13-10-6-2)31(34(36)37)32(35)33(39-38-27-8-4)30(28)26-23-20-17-14-11-7-3/h35H,5-27H2,1-4H3,(H,36,37). The van der Waals surface area contributed by atoms with Gasteiger partial charge in [0.05, 0.1) is 6.61 Å². The van der Waals surface area contributed by atoms with E-state index in [0.717, 1.165) is 74.5 Å². The van der Waals surface area contributed by atoms with Crippen LogP contribution < -0.4 is 4.89 Å². The molecule has 1 rings (SSSR count). The summed E-state index contributed by atoms with van der Waals surface area (Å²) in [6, 6.07) is 0. The van der Waals surface area contributed by atoms with Gasteiger partial charge in [0.2, 0.25) is 5.75 Å². The minimum Gasteiger partial charge on any atom is -0.504 e. The molecular weight excluding hydrogens is 488 g/mol. The molecule has 0 aliphatic rings. The van der Waals surface area contributed by atoms with Crippen LogP contribution in [0.5, 0.6) is 11.5 Å². The van der Waals surface area contributed by atoms with Crippen LogP contribution in [0.4, 0.5) is 0 Å². The fourth-order valence-corrected chi connectivity index (χ4v) is 5.46. The van der Waals surface area contributed by atoms with Crippen molar-refractivity contribution in [2.75, 3.05) is 6.61 Å². The third-order valence-electron chi connectivity index (χ3n) is 7.74. The number of aromatic carboxylic acids is 1. The Kier molecular flexibility index (Phi) is 20.8. The molecule has 0 fully saturated rings. The third-order valence-corrected chi connectivity index (χ3v) is 7.74. The van der Waals surface area contributed by atoms with Crippen LogP contribution in [0.15, 0.2) is 0 Å². The Morgan fingerprint density at radius 2 is 0.974 bits per heavy atom.